The van der Waals surface area contributed by atoms with Crippen LogP contribution in [0.5, 0.6) is 0 Å². The second-order valence-corrected chi connectivity index (χ2v) is 10.8. The third kappa shape index (κ3) is 5.91. The highest BCUT2D eigenvalue weighted by Gasteiger charge is 2.44. The fourth-order valence-electron chi connectivity index (χ4n) is 5.71. The van der Waals surface area contributed by atoms with Gasteiger partial charge in [-0.25, -0.2) is 14.5 Å². The molecule has 4 heterocycles. The van der Waals surface area contributed by atoms with Crippen LogP contribution in [-0.2, 0) is 17.8 Å². The number of halogens is 3. The fraction of sp³-hybridized carbons (Fsp3) is 0.615. The minimum atomic E-state index is -4.37. The highest BCUT2D eigenvalue weighted by Crippen LogP contribution is 2.37. The Balaban J connectivity index is 1.38. The Hall–Kier alpha value is -3.51. The molecular weight excluding hydrogens is 513 g/mol. The number of piperidine rings is 1. The van der Waals surface area contributed by atoms with Gasteiger partial charge in [0.05, 0.1) is 35.7 Å². The zero-order valence-electron chi connectivity index (χ0n) is 22.0. The molecule has 2 amide bonds. The van der Waals surface area contributed by atoms with Crippen LogP contribution in [0.25, 0.3) is 5.78 Å². The third-order valence-electron chi connectivity index (χ3n) is 8.02. The van der Waals surface area contributed by atoms with Gasteiger partial charge in [-0.05, 0) is 44.1 Å². The minimum Gasteiger partial charge on any atom is -0.355 e. The van der Waals surface area contributed by atoms with Gasteiger partial charge in [-0.3, -0.25) is 14.3 Å². The number of fused-ring (bicyclic) bond motifs is 1. The smallest absolute Gasteiger partial charge is 0.355 e. The van der Waals surface area contributed by atoms with E-state index in [1.807, 2.05) is 6.92 Å². The summed E-state index contributed by atoms with van der Waals surface area (Å²) in [5, 5.41) is 14.3. The van der Waals surface area contributed by atoms with Crippen molar-refractivity contribution in [1.82, 2.24) is 40.0 Å². The number of carbonyl (C=O) groups is 2. The molecule has 3 aromatic heterocycles. The van der Waals surface area contributed by atoms with Gasteiger partial charge in [0.15, 0.2) is 0 Å². The fourth-order valence-corrected chi connectivity index (χ4v) is 5.71. The van der Waals surface area contributed by atoms with E-state index in [2.05, 4.69) is 37.7 Å². The molecule has 1 saturated carbocycles. The highest BCUT2D eigenvalue weighted by atomic mass is 19.4. The van der Waals surface area contributed by atoms with Crippen molar-refractivity contribution in [3.05, 3.63) is 41.7 Å². The first-order valence-corrected chi connectivity index (χ1v) is 13.5. The van der Waals surface area contributed by atoms with Crippen molar-refractivity contribution in [3.63, 3.8) is 0 Å². The van der Waals surface area contributed by atoms with Crippen molar-refractivity contribution < 1.29 is 22.8 Å². The summed E-state index contributed by atoms with van der Waals surface area (Å²) in [6, 6.07) is 1.32. The quantitative estimate of drug-likeness (QED) is 0.468. The molecule has 3 aromatic rings. The lowest BCUT2D eigenvalue weighted by Gasteiger charge is -2.32. The van der Waals surface area contributed by atoms with Crippen molar-refractivity contribution in [2.45, 2.75) is 71.1 Å². The van der Waals surface area contributed by atoms with Crippen LogP contribution in [0.4, 0.5) is 13.2 Å². The van der Waals surface area contributed by atoms with Gasteiger partial charge >= 0.3 is 6.18 Å². The third-order valence-corrected chi connectivity index (χ3v) is 8.02. The Morgan fingerprint density at radius 2 is 2.03 bits per heavy atom. The lowest BCUT2D eigenvalue weighted by molar-refractivity contribution is -0.183. The van der Waals surface area contributed by atoms with E-state index in [1.165, 1.54) is 10.7 Å². The number of aromatic nitrogens is 6. The van der Waals surface area contributed by atoms with E-state index in [4.69, 9.17) is 0 Å². The maximum Gasteiger partial charge on any atom is 0.393 e. The number of hydrogen-bond donors (Lipinski definition) is 2. The van der Waals surface area contributed by atoms with E-state index in [9.17, 15) is 22.8 Å². The molecule has 0 unspecified atom stereocenters. The normalized spacial score (nSPS) is 24.9. The summed E-state index contributed by atoms with van der Waals surface area (Å²) in [6.45, 7) is 4.31. The molecule has 2 aliphatic rings. The lowest BCUT2D eigenvalue weighted by atomic mass is 9.78. The van der Waals surface area contributed by atoms with Gasteiger partial charge in [0.1, 0.15) is 5.69 Å². The highest BCUT2D eigenvalue weighted by molar-refractivity contribution is 5.92. The van der Waals surface area contributed by atoms with Crippen molar-refractivity contribution in [2.75, 3.05) is 6.54 Å². The molecule has 1 saturated heterocycles. The molecule has 0 radical (unpaired) electrons. The number of nitrogens with one attached hydrogen (secondary N) is 2. The number of imidazole rings is 1. The van der Waals surface area contributed by atoms with Crippen LogP contribution in [0.15, 0.2) is 24.7 Å². The number of rotatable bonds is 7. The molecule has 39 heavy (non-hydrogen) atoms. The summed E-state index contributed by atoms with van der Waals surface area (Å²) in [5.41, 5.74) is 1.49. The van der Waals surface area contributed by atoms with Crippen molar-refractivity contribution in [3.8, 4) is 0 Å². The minimum absolute atomic E-state index is 0.0382. The van der Waals surface area contributed by atoms with Crippen LogP contribution in [-0.4, -0.2) is 53.9 Å². The van der Waals surface area contributed by atoms with E-state index in [0.29, 0.717) is 35.3 Å². The average molecular weight is 547 g/mol. The van der Waals surface area contributed by atoms with Crippen LogP contribution in [0.3, 0.4) is 0 Å². The second kappa shape index (κ2) is 10.9. The summed E-state index contributed by atoms with van der Waals surface area (Å²) in [5.74, 6) is -1.96. The van der Waals surface area contributed by atoms with Crippen LogP contribution < -0.4 is 10.6 Å². The van der Waals surface area contributed by atoms with E-state index in [-0.39, 0.29) is 30.7 Å². The summed E-state index contributed by atoms with van der Waals surface area (Å²) < 4.78 is 42.8. The van der Waals surface area contributed by atoms with Crippen molar-refractivity contribution >= 4 is 17.6 Å². The van der Waals surface area contributed by atoms with Gasteiger partial charge in [0.25, 0.3) is 11.7 Å². The summed E-state index contributed by atoms with van der Waals surface area (Å²) >= 11 is 0. The topological polar surface area (TPSA) is 119 Å². The monoisotopic (exact) mass is 546 g/mol. The predicted octanol–water partition coefficient (Wildman–Crippen LogP) is 3.50. The predicted molar refractivity (Wildman–Crippen MR) is 134 cm³/mol. The molecule has 13 heteroatoms. The largest absolute Gasteiger partial charge is 0.393 e. The molecule has 210 valence electrons. The van der Waals surface area contributed by atoms with Crippen LogP contribution >= 0.6 is 0 Å². The van der Waals surface area contributed by atoms with Gasteiger partial charge in [0.2, 0.25) is 5.91 Å². The Morgan fingerprint density at radius 1 is 1.26 bits per heavy atom. The summed E-state index contributed by atoms with van der Waals surface area (Å²) in [7, 11) is 0. The SMILES string of the molecule is CCn1nccc1C(=O)N[C@H](c1cn2nc(C[C@H]3C[C@@H](C(F)(F)F)CNC3=O)cnc2n1)C1CCC(C)CC1. The molecule has 0 bridgehead atoms. The molecule has 1 aliphatic heterocycles. The van der Waals surface area contributed by atoms with E-state index in [0.717, 1.165) is 25.7 Å². The van der Waals surface area contributed by atoms with Gasteiger partial charge in [-0.2, -0.15) is 23.4 Å². The summed E-state index contributed by atoms with van der Waals surface area (Å²) in [4.78, 5) is 34.5. The number of alkyl halides is 3. The average Bonchev–Trinajstić information content (AvgIpc) is 3.55. The van der Waals surface area contributed by atoms with E-state index >= 15 is 0 Å². The Labute approximate surface area is 223 Å². The summed E-state index contributed by atoms with van der Waals surface area (Å²) in [6.07, 6.45) is 4.14. The molecule has 0 spiro atoms. The Morgan fingerprint density at radius 3 is 2.74 bits per heavy atom. The van der Waals surface area contributed by atoms with Gasteiger partial charge in [0, 0.05) is 31.6 Å². The van der Waals surface area contributed by atoms with Crippen molar-refractivity contribution in [2.24, 2.45) is 23.7 Å². The van der Waals surface area contributed by atoms with Gasteiger partial charge in [-0.1, -0.05) is 19.8 Å². The van der Waals surface area contributed by atoms with Gasteiger partial charge in [-0.15, -0.1) is 0 Å². The maximum absolute atomic E-state index is 13.2. The van der Waals surface area contributed by atoms with Crippen LogP contribution in [0.2, 0.25) is 0 Å². The molecular formula is C26H33F3N8O2. The number of carbonyl (C=O) groups excluding carboxylic acids is 2. The van der Waals surface area contributed by atoms with Crippen LogP contribution in [0, 0.1) is 23.7 Å². The lowest BCUT2D eigenvalue weighted by Crippen LogP contribution is -2.47. The zero-order valence-corrected chi connectivity index (χ0v) is 22.0. The molecule has 3 atom stereocenters. The number of hydrogen-bond acceptors (Lipinski definition) is 6. The first-order chi connectivity index (χ1) is 18.6. The first-order valence-electron chi connectivity index (χ1n) is 13.5. The standard InChI is InChI=1S/C26H33F3N8O2/c1-3-36-21(8-9-32-36)24(39)34-22(16-6-4-15(2)5-7-16)20-14-37-25(33-20)31-13-19(35-37)11-17-10-18(26(27,28)29)12-30-23(17)38/h8-9,13-18,22H,3-7,10-12H2,1-2H3,(H,30,38)(H,34,39)/t15?,16?,17-,18-,22+/m1/s1. The molecule has 0 aromatic carbocycles. The second-order valence-electron chi connectivity index (χ2n) is 10.8. The molecule has 5 rings (SSSR count). The maximum atomic E-state index is 13.2. The molecule has 2 fully saturated rings. The molecule has 10 nitrogen and oxygen atoms in total. The molecule has 1 aliphatic carbocycles. The number of aryl methyl sites for hydroxylation is 1. The Kier molecular flexibility index (Phi) is 7.59. The first kappa shape index (κ1) is 27.1. The zero-order chi connectivity index (χ0) is 27.7. The Bertz CT molecular complexity index is 1330. The van der Waals surface area contributed by atoms with Gasteiger partial charge < -0.3 is 10.6 Å². The molecule has 2 N–H and O–H groups in total. The van der Waals surface area contributed by atoms with E-state index < -0.39 is 30.5 Å². The van der Waals surface area contributed by atoms with E-state index in [1.54, 1.807) is 23.1 Å². The number of nitrogens with zero attached hydrogens (tertiary/aromatic N) is 6. The number of amides is 2. The van der Waals surface area contributed by atoms with Crippen LogP contribution in [0.1, 0.15) is 73.9 Å². The van der Waals surface area contributed by atoms with Crippen molar-refractivity contribution in [1.29, 1.82) is 0 Å².